The van der Waals surface area contributed by atoms with E-state index in [1.165, 1.54) is 64.2 Å². The molecule has 1 atom stereocenters. The molecule has 1 unspecified atom stereocenters. The molecule has 0 aromatic rings. The van der Waals surface area contributed by atoms with Gasteiger partial charge in [0.2, 0.25) is 0 Å². The van der Waals surface area contributed by atoms with Crippen LogP contribution in [0.25, 0.3) is 0 Å². The summed E-state index contributed by atoms with van der Waals surface area (Å²) < 4.78 is 0. The molecule has 0 fully saturated rings. The van der Waals surface area contributed by atoms with Crippen molar-refractivity contribution in [3.8, 4) is 94.7 Å². The van der Waals surface area contributed by atoms with Crippen LogP contribution in [0.1, 0.15) is 97.3 Å². The predicted molar refractivity (Wildman–Crippen MR) is 140 cm³/mol. The van der Waals surface area contributed by atoms with Gasteiger partial charge in [-0.2, -0.15) is 0 Å². The lowest BCUT2D eigenvalue weighted by molar-refractivity contribution is 0.217. The Morgan fingerprint density at radius 1 is 0.455 bits per heavy atom. The van der Waals surface area contributed by atoms with E-state index in [9.17, 15) is 5.11 Å². The van der Waals surface area contributed by atoms with E-state index >= 15 is 0 Å². The first-order valence-corrected chi connectivity index (χ1v) is 11.9. The summed E-state index contributed by atoms with van der Waals surface area (Å²) in [6, 6.07) is 0. The summed E-state index contributed by atoms with van der Waals surface area (Å²) in [4.78, 5) is 0. The number of rotatable bonds is 13. The summed E-state index contributed by atoms with van der Waals surface area (Å²) in [5, 5.41) is 9.87. The van der Waals surface area contributed by atoms with Gasteiger partial charge in [-0.05, 0) is 103 Å². The van der Waals surface area contributed by atoms with Crippen molar-refractivity contribution in [3.05, 3.63) is 0 Å². The van der Waals surface area contributed by atoms with Crippen LogP contribution in [0.3, 0.4) is 0 Å². The minimum absolute atomic E-state index is 0.620. The van der Waals surface area contributed by atoms with Crippen molar-refractivity contribution in [1.29, 1.82) is 0 Å². The molecule has 0 aliphatic carbocycles. The fourth-order valence-corrected chi connectivity index (χ4v) is 2.81. The molecule has 1 nitrogen and oxygen atoms in total. The second-order valence-corrected chi connectivity index (χ2v) is 7.34. The molecule has 0 radical (unpaired) electrons. The second-order valence-electron chi connectivity index (χ2n) is 7.34. The maximum absolute atomic E-state index is 9.87. The van der Waals surface area contributed by atoms with Crippen LogP contribution in [0, 0.1) is 94.7 Å². The highest BCUT2D eigenvalue weighted by atomic mass is 16.3. The third kappa shape index (κ3) is 26.4. The third-order valence-electron chi connectivity index (χ3n) is 4.51. The lowest BCUT2D eigenvalue weighted by Crippen LogP contribution is -2.01. The normalized spacial score (nSPS) is 8.58. The molecule has 0 heterocycles. The summed E-state index contributed by atoms with van der Waals surface area (Å²) in [6.45, 7) is 3.97. The summed E-state index contributed by atoms with van der Waals surface area (Å²) >= 11 is 0. The molecule has 0 amide bonds. The Hall–Kier alpha value is -3.56. The number of hydrogen-bond donors (Lipinski definition) is 1. The van der Waals surface area contributed by atoms with Crippen molar-refractivity contribution in [3.63, 3.8) is 0 Å². The minimum Gasteiger partial charge on any atom is -0.380 e. The first-order valence-electron chi connectivity index (χ1n) is 11.9. The minimum atomic E-state index is -0.620. The van der Waals surface area contributed by atoms with E-state index < -0.39 is 6.10 Å². The van der Waals surface area contributed by atoms with Crippen LogP contribution in [0.4, 0.5) is 0 Å². The molecule has 0 aliphatic rings. The van der Waals surface area contributed by atoms with Gasteiger partial charge in [-0.25, -0.2) is 0 Å². The predicted octanol–water partition coefficient (Wildman–Crippen LogP) is 5.49. The van der Waals surface area contributed by atoms with Gasteiger partial charge in [-0.1, -0.05) is 89.4 Å². The molecule has 0 bridgehead atoms. The monoisotopic (exact) mass is 434 g/mol. The fourth-order valence-electron chi connectivity index (χ4n) is 2.81. The molecule has 1 heteroatoms. The van der Waals surface area contributed by atoms with Gasteiger partial charge in [0.05, 0.1) is 0 Å². The van der Waals surface area contributed by atoms with Crippen molar-refractivity contribution in [2.45, 2.75) is 103 Å². The molecule has 1 N–H and O–H groups in total. The Morgan fingerprint density at radius 2 is 0.788 bits per heavy atom. The lowest BCUT2D eigenvalue weighted by Gasteiger charge is -2.04. The van der Waals surface area contributed by atoms with Crippen LogP contribution in [-0.4, -0.2) is 11.2 Å². The standard InChI is InChI=1S/C32H34O/c1-3-5-7-9-11-13-15-17-18-19-21-23-25-27-29-31-32(33)30-28-26-24-22-20-16-14-12-10-8-6-4-2/h32-33H,4,6,8,10,12,14,16,20,22,24,26,28,30H2,1-2H3. The zero-order valence-electron chi connectivity index (χ0n) is 20.2. The highest BCUT2D eigenvalue weighted by Crippen LogP contribution is 2.12. The molecule has 0 saturated heterocycles. The van der Waals surface area contributed by atoms with Crippen molar-refractivity contribution in [2.75, 3.05) is 0 Å². The molecule has 0 aromatic heterocycles. The zero-order chi connectivity index (χ0) is 24.1. The fraction of sp³-hybridized carbons (Fsp3) is 0.500. The Kier molecular flexibility index (Phi) is 23.6. The van der Waals surface area contributed by atoms with Crippen molar-refractivity contribution in [2.24, 2.45) is 0 Å². The molecular weight excluding hydrogens is 400 g/mol. The average Bonchev–Trinajstić information content (AvgIpc) is 2.82. The molecule has 0 saturated carbocycles. The molecule has 0 spiro atoms. The van der Waals surface area contributed by atoms with E-state index in [1.807, 2.05) is 0 Å². The summed E-state index contributed by atoms with van der Waals surface area (Å²) in [5.41, 5.74) is 0. The van der Waals surface area contributed by atoms with Gasteiger partial charge in [0.1, 0.15) is 6.10 Å². The first kappa shape index (κ1) is 29.4. The first-order chi connectivity index (χ1) is 16.3. The number of hydrogen-bond acceptors (Lipinski definition) is 1. The Labute approximate surface area is 203 Å². The van der Waals surface area contributed by atoms with Crippen LogP contribution in [-0.2, 0) is 0 Å². The second kappa shape index (κ2) is 26.5. The Balaban J connectivity index is 3.83. The molecule has 168 valence electrons. The Bertz CT molecular complexity index is 1030. The van der Waals surface area contributed by atoms with Gasteiger partial charge < -0.3 is 5.11 Å². The summed E-state index contributed by atoms with van der Waals surface area (Å²) in [5.74, 6) is 41.3. The van der Waals surface area contributed by atoms with Crippen LogP contribution < -0.4 is 0 Å². The van der Waals surface area contributed by atoms with Crippen molar-refractivity contribution < 1.29 is 5.11 Å². The van der Waals surface area contributed by atoms with E-state index in [4.69, 9.17) is 0 Å². The number of unbranched alkanes of at least 4 members (excludes halogenated alkanes) is 11. The van der Waals surface area contributed by atoms with Crippen molar-refractivity contribution in [1.82, 2.24) is 0 Å². The quantitative estimate of drug-likeness (QED) is 0.300. The maximum atomic E-state index is 9.87. The van der Waals surface area contributed by atoms with E-state index in [1.54, 1.807) is 6.92 Å². The third-order valence-corrected chi connectivity index (χ3v) is 4.51. The zero-order valence-corrected chi connectivity index (χ0v) is 20.2. The van der Waals surface area contributed by atoms with Gasteiger partial charge in [0.25, 0.3) is 0 Å². The molecule has 0 aliphatic heterocycles. The van der Waals surface area contributed by atoms with Crippen molar-refractivity contribution >= 4 is 0 Å². The van der Waals surface area contributed by atoms with Crippen LogP contribution in [0.15, 0.2) is 0 Å². The SMILES string of the molecule is CC#CC#CC#CC#CC#CC#CC#CC#CC(O)CCCCCCCCCCCCCC. The van der Waals surface area contributed by atoms with E-state index in [0.29, 0.717) is 6.42 Å². The number of aliphatic hydroxyl groups excluding tert-OH is 1. The molecule has 33 heavy (non-hydrogen) atoms. The van der Waals surface area contributed by atoms with E-state index in [-0.39, 0.29) is 0 Å². The highest BCUT2D eigenvalue weighted by Gasteiger charge is 1.98. The van der Waals surface area contributed by atoms with Gasteiger partial charge in [0.15, 0.2) is 0 Å². The maximum Gasteiger partial charge on any atom is 0.115 e. The van der Waals surface area contributed by atoms with Crippen LogP contribution in [0.5, 0.6) is 0 Å². The topological polar surface area (TPSA) is 20.2 Å². The smallest absolute Gasteiger partial charge is 0.115 e. The summed E-state index contributed by atoms with van der Waals surface area (Å²) in [7, 11) is 0. The van der Waals surface area contributed by atoms with Gasteiger partial charge in [-0.3, -0.25) is 0 Å². The lowest BCUT2D eigenvalue weighted by atomic mass is 10.0. The average molecular weight is 435 g/mol. The van der Waals surface area contributed by atoms with E-state index in [0.717, 1.165) is 12.8 Å². The Morgan fingerprint density at radius 3 is 1.18 bits per heavy atom. The van der Waals surface area contributed by atoms with Crippen LogP contribution in [0.2, 0.25) is 0 Å². The molecular formula is C32H34O. The molecule has 0 rings (SSSR count). The van der Waals surface area contributed by atoms with Gasteiger partial charge in [0, 0.05) is 0 Å². The van der Waals surface area contributed by atoms with E-state index in [2.05, 4.69) is 102 Å². The summed E-state index contributed by atoms with van der Waals surface area (Å²) in [6.07, 6.45) is 15.7. The number of aliphatic hydroxyl groups is 1. The largest absolute Gasteiger partial charge is 0.380 e. The molecule has 0 aromatic carbocycles. The van der Waals surface area contributed by atoms with Gasteiger partial charge in [-0.15, -0.1) is 0 Å². The highest BCUT2D eigenvalue weighted by molar-refractivity contribution is 5.45. The van der Waals surface area contributed by atoms with Gasteiger partial charge >= 0.3 is 0 Å². The van der Waals surface area contributed by atoms with Crippen LogP contribution >= 0.6 is 0 Å².